The molecule has 0 N–H and O–H groups in total. The zero-order valence-electron chi connectivity index (χ0n) is 34.4. The molecule has 0 unspecified atom stereocenters. The van der Waals surface area contributed by atoms with E-state index in [2.05, 4.69) is 10.2 Å². The molecule has 4 aromatic carbocycles. The topological polar surface area (TPSA) is 122 Å². The molecule has 0 aliphatic rings. The number of carbonyl (C=O) groups is 2. The molecule has 60 heavy (non-hydrogen) atoms. The fourth-order valence-electron chi connectivity index (χ4n) is 6.17. The molecular formula is C42H40BClF5KN4O6. The van der Waals surface area contributed by atoms with E-state index in [-0.39, 0.29) is 90.7 Å². The summed E-state index contributed by atoms with van der Waals surface area (Å²) in [4.78, 5) is 48.4. The van der Waals surface area contributed by atoms with Crippen LogP contribution >= 0.6 is 11.6 Å². The number of rotatable bonds is 7. The minimum atomic E-state index is -5.47. The van der Waals surface area contributed by atoms with Crippen LogP contribution in [-0.4, -0.2) is 38.5 Å². The molecule has 0 atom stereocenters. The quantitative estimate of drug-likeness (QED) is 0.118. The smallest absolute Gasteiger partial charge is 0.461 e. The van der Waals surface area contributed by atoms with E-state index < -0.39 is 59.3 Å². The monoisotopic (exact) mass is 876 g/mol. The maximum atomic E-state index is 14.9. The Morgan fingerprint density at radius 3 is 1.48 bits per heavy atom. The van der Waals surface area contributed by atoms with Gasteiger partial charge in [0.25, 0.3) is 11.1 Å². The fraction of sp³-hybridized carbons (Fsp3) is 0.286. The van der Waals surface area contributed by atoms with Crippen LogP contribution in [0, 0.1) is 11.6 Å². The number of aromatic nitrogens is 4. The maximum Gasteiger partial charge on any atom is 1.00 e. The Kier molecular flexibility index (Phi) is 15.2. The van der Waals surface area contributed by atoms with E-state index in [9.17, 15) is 40.9 Å². The predicted octanol–water partition coefficient (Wildman–Crippen LogP) is 5.48. The van der Waals surface area contributed by atoms with Crippen LogP contribution in [0.5, 0.6) is 0 Å². The molecule has 0 amide bonds. The summed E-state index contributed by atoms with van der Waals surface area (Å²) in [5, 5.41) is 8.84. The van der Waals surface area contributed by atoms with Crippen LogP contribution in [0.25, 0.3) is 32.9 Å². The van der Waals surface area contributed by atoms with E-state index in [1.165, 1.54) is 37.5 Å². The number of esters is 2. The average molecular weight is 877 g/mol. The van der Waals surface area contributed by atoms with Crippen molar-refractivity contribution < 1.29 is 92.2 Å². The molecule has 0 saturated carbocycles. The summed E-state index contributed by atoms with van der Waals surface area (Å²) >= 11 is 6.23. The second-order valence-corrected chi connectivity index (χ2v) is 16.2. The van der Waals surface area contributed by atoms with Gasteiger partial charge in [0.05, 0.1) is 34.5 Å². The van der Waals surface area contributed by atoms with Crippen molar-refractivity contribution >= 4 is 57.5 Å². The SMILES string of the molecule is CC(=O)OCc1c(-n2ncc3cc(C(C)(C)C)cc(F)c3c2=O)cccc1[B-](F)(F)F.CC(=O)OCc1c(Cl)cccc1-n1ncc2cc(C(C)(C)C)cc(F)c2c1=O.[K+]. The molecule has 0 bridgehead atoms. The number of benzene rings is 4. The Labute approximate surface area is 389 Å². The minimum Gasteiger partial charge on any atom is -0.461 e. The van der Waals surface area contributed by atoms with Crippen LogP contribution in [-0.2, 0) is 43.1 Å². The molecule has 310 valence electrons. The number of hydrogen-bond acceptors (Lipinski definition) is 8. The van der Waals surface area contributed by atoms with E-state index in [0.29, 0.717) is 31.9 Å². The van der Waals surface area contributed by atoms with Gasteiger partial charge < -0.3 is 22.4 Å². The molecule has 0 radical (unpaired) electrons. The van der Waals surface area contributed by atoms with Crippen LogP contribution < -0.4 is 68.0 Å². The van der Waals surface area contributed by atoms with Gasteiger partial charge in [0.15, 0.2) is 0 Å². The first-order chi connectivity index (χ1) is 27.4. The first-order valence-corrected chi connectivity index (χ1v) is 18.6. The zero-order chi connectivity index (χ0) is 43.8. The van der Waals surface area contributed by atoms with Crippen LogP contribution in [0.1, 0.15) is 77.6 Å². The predicted molar refractivity (Wildman–Crippen MR) is 217 cm³/mol. The van der Waals surface area contributed by atoms with Crippen molar-refractivity contribution in [3.05, 3.63) is 133 Å². The van der Waals surface area contributed by atoms with Crippen LogP contribution in [0.15, 0.2) is 82.6 Å². The van der Waals surface area contributed by atoms with Gasteiger partial charge in [-0.15, -0.1) is 0 Å². The van der Waals surface area contributed by atoms with Crippen molar-refractivity contribution in [2.24, 2.45) is 0 Å². The van der Waals surface area contributed by atoms with Gasteiger partial charge in [-0.1, -0.05) is 76.8 Å². The van der Waals surface area contributed by atoms with Crippen molar-refractivity contribution in [3.8, 4) is 11.4 Å². The fourth-order valence-corrected chi connectivity index (χ4v) is 6.39. The molecular weight excluding hydrogens is 837 g/mol. The molecule has 2 heterocycles. The summed E-state index contributed by atoms with van der Waals surface area (Å²) < 4.78 is 82.1. The molecule has 2 aromatic heterocycles. The van der Waals surface area contributed by atoms with Gasteiger partial charge >= 0.3 is 70.3 Å². The van der Waals surface area contributed by atoms with Gasteiger partial charge in [-0.05, 0) is 70.0 Å². The van der Waals surface area contributed by atoms with E-state index in [0.717, 1.165) is 29.3 Å². The third-order valence-corrected chi connectivity index (χ3v) is 9.69. The Morgan fingerprint density at radius 2 is 1.08 bits per heavy atom. The van der Waals surface area contributed by atoms with Gasteiger partial charge in [0.2, 0.25) is 0 Å². The first kappa shape index (κ1) is 48.4. The molecule has 10 nitrogen and oxygen atoms in total. The minimum absolute atomic E-state index is 0. The van der Waals surface area contributed by atoms with E-state index in [1.807, 2.05) is 41.5 Å². The van der Waals surface area contributed by atoms with E-state index in [4.69, 9.17) is 21.1 Å². The van der Waals surface area contributed by atoms with Crippen molar-refractivity contribution in [2.75, 3.05) is 0 Å². The summed E-state index contributed by atoms with van der Waals surface area (Å²) in [6, 6.07) is 14.1. The second-order valence-electron chi connectivity index (χ2n) is 15.8. The maximum absolute atomic E-state index is 14.9. The summed E-state index contributed by atoms with van der Waals surface area (Å²) in [6.07, 6.45) is 2.68. The number of halogens is 6. The number of nitrogens with zero attached hydrogens (tertiary/aromatic N) is 4. The molecule has 18 heteroatoms. The van der Waals surface area contributed by atoms with Crippen LogP contribution in [0.4, 0.5) is 21.7 Å². The third-order valence-electron chi connectivity index (χ3n) is 9.34. The summed E-state index contributed by atoms with van der Waals surface area (Å²) in [6.45, 7) is 7.59. The van der Waals surface area contributed by atoms with Gasteiger partial charge in [0.1, 0.15) is 24.8 Å². The first-order valence-electron chi connectivity index (χ1n) is 18.2. The van der Waals surface area contributed by atoms with Crippen molar-refractivity contribution in [2.45, 2.75) is 79.4 Å². The molecule has 6 aromatic rings. The van der Waals surface area contributed by atoms with Crippen LogP contribution in [0.3, 0.4) is 0 Å². The van der Waals surface area contributed by atoms with E-state index in [1.54, 1.807) is 30.3 Å². The third kappa shape index (κ3) is 10.8. The molecule has 0 spiro atoms. The summed E-state index contributed by atoms with van der Waals surface area (Å²) in [5.74, 6) is -2.66. The summed E-state index contributed by atoms with van der Waals surface area (Å²) in [5.41, 5.74) is -1.68. The number of fused-ring (bicyclic) bond motifs is 2. The van der Waals surface area contributed by atoms with Crippen molar-refractivity contribution in [1.29, 1.82) is 0 Å². The zero-order valence-corrected chi connectivity index (χ0v) is 38.3. The largest absolute Gasteiger partial charge is 1.00 e. The van der Waals surface area contributed by atoms with Crippen molar-refractivity contribution in [3.63, 3.8) is 0 Å². The van der Waals surface area contributed by atoms with Gasteiger partial charge in [-0.25, -0.2) is 8.78 Å². The van der Waals surface area contributed by atoms with Gasteiger partial charge in [-0.3, -0.25) is 19.2 Å². The summed E-state index contributed by atoms with van der Waals surface area (Å²) in [7, 11) is 0. The van der Waals surface area contributed by atoms with Gasteiger partial charge in [0, 0.05) is 35.2 Å². The molecule has 0 saturated heterocycles. The van der Waals surface area contributed by atoms with Crippen LogP contribution in [0.2, 0.25) is 5.02 Å². The van der Waals surface area contributed by atoms with Gasteiger partial charge in [-0.2, -0.15) is 19.6 Å². The molecule has 6 rings (SSSR count). The molecule has 0 aliphatic heterocycles. The van der Waals surface area contributed by atoms with E-state index >= 15 is 0 Å². The Hall–Kier alpha value is -4.26. The van der Waals surface area contributed by atoms with Crippen molar-refractivity contribution in [1.82, 2.24) is 19.6 Å². The Balaban J connectivity index is 0.000000262. The Morgan fingerprint density at radius 1 is 0.683 bits per heavy atom. The second kappa shape index (κ2) is 18.8. The molecule has 0 fully saturated rings. The number of carbonyl (C=O) groups excluding carboxylic acids is 2. The Bertz CT molecular complexity index is 2750. The number of ether oxygens (including phenoxy) is 2. The normalized spacial score (nSPS) is 11.8. The molecule has 0 aliphatic carbocycles. The standard InChI is InChI=1S/C21H20BF4N2O3.C21H20ClFN2O3.K/c1-12(29)31-11-15-16(22(24,25)26)6-5-7-18(15)28-20(30)19-13(10-27-28)8-14(9-17(19)23)21(2,3)4;1-12(26)28-11-15-16(22)6-5-7-18(15)25-20(27)19-13(10-24-25)8-14(9-17(19)23)21(2,3)4;/h5-10H,11H2,1-4H3;5-10H,11H2,1-4H3;/q-1;;+1. The average Bonchev–Trinajstić information content (AvgIpc) is 3.12. The number of hydrogen-bond donors (Lipinski definition) is 0.